The number of hydrogen-bond acceptors (Lipinski definition) is 1. The van der Waals surface area contributed by atoms with Gasteiger partial charge >= 0.3 is 0 Å². The molecule has 1 saturated carbocycles. The normalized spacial score (nSPS) is 19.7. The maximum absolute atomic E-state index is 11.1. The molecule has 0 aliphatic heterocycles. The largest absolute Gasteiger partial charge is 0.295 e. The number of rotatable bonds is 3. The fourth-order valence-corrected chi connectivity index (χ4v) is 1.75. The average Bonchev–Trinajstić information content (AvgIpc) is 2.40. The Balaban J connectivity index is 2.23. The summed E-state index contributed by atoms with van der Waals surface area (Å²) in [5, 5.41) is 0. The van der Waals surface area contributed by atoms with Crippen LogP contribution in [0.25, 0.3) is 0 Å². The Labute approximate surface area is 68.5 Å². The Kier molecular flexibility index (Phi) is 3.34. The van der Waals surface area contributed by atoms with Crippen LogP contribution in [0.4, 0.5) is 0 Å². The molecule has 0 atom stereocenters. The molecular formula is C10H16O. The van der Waals surface area contributed by atoms with E-state index >= 15 is 0 Å². The van der Waals surface area contributed by atoms with Crippen LogP contribution >= 0.6 is 0 Å². The summed E-state index contributed by atoms with van der Waals surface area (Å²) in [6, 6.07) is 0. The van der Waals surface area contributed by atoms with Crippen molar-refractivity contribution in [1.29, 1.82) is 0 Å². The molecule has 0 amide bonds. The minimum absolute atomic E-state index is 0.305. The van der Waals surface area contributed by atoms with Crippen molar-refractivity contribution in [2.24, 2.45) is 5.92 Å². The number of carbonyl (C=O) groups excluding carboxylic acids is 1. The third-order valence-corrected chi connectivity index (χ3v) is 2.32. The number of ketones is 1. The molecule has 0 spiro atoms. The molecule has 0 aromatic heterocycles. The van der Waals surface area contributed by atoms with Gasteiger partial charge in [-0.2, -0.15) is 0 Å². The molecule has 0 aromatic carbocycles. The molecule has 0 aromatic rings. The predicted octanol–water partition coefficient (Wildman–Crippen LogP) is 2.71. The van der Waals surface area contributed by atoms with Crippen LogP contribution in [0.2, 0.25) is 0 Å². The van der Waals surface area contributed by atoms with E-state index in [-0.39, 0.29) is 0 Å². The zero-order valence-electron chi connectivity index (χ0n) is 7.18. The van der Waals surface area contributed by atoms with Crippen LogP contribution in [-0.2, 0) is 4.79 Å². The quantitative estimate of drug-likeness (QED) is 0.568. The van der Waals surface area contributed by atoms with Gasteiger partial charge < -0.3 is 0 Å². The van der Waals surface area contributed by atoms with Crippen LogP contribution in [0.3, 0.4) is 0 Å². The van der Waals surface area contributed by atoms with E-state index in [1.165, 1.54) is 25.7 Å². The molecule has 0 bridgehead atoms. The molecule has 11 heavy (non-hydrogen) atoms. The lowest BCUT2D eigenvalue weighted by atomic mass is 10.0. The van der Waals surface area contributed by atoms with E-state index < -0.39 is 0 Å². The predicted molar refractivity (Wildman–Crippen MR) is 46.4 cm³/mol. The zero-order chi connectivity index (χ0) is 8.10. The number of carbonyl (C=O) groups is 1. The first-order valence-electron chi connectivity index (χ1n) is 4.48. The molecular weight excluding hydrogens is 136 g/mol. The summed E-state index contributed by atoms with van der Waals surface area (Å²) in [5.41, 5.74) is 0. The van der Waals surface area contributed by atoms with E-state index in [2.05, 4.69) is 0 Å². The molecule has 0 saturated heterocycles. The summed E-state index contributed by atoms with van der Waals surface area (Å²) in [6.45, 7) is 1.90. The Morgan fingerprint density at radius 1 is 1.45 bits per heavy atom. The first kappa shape index (κ1) is 8.51. The number of hydrogen-bond donors (Lipinski definition) is 0. The van der Waals surface area contributed by atoms with Gasteiger partial charge in [-0.05, 0) is 18.9 Å². The van der Waals surface area contributed by atoms with Crippen molar-refractivity contribution in [3.8, 4) is 0 Å². The monoisotopic (exact) mass is 152 g/mol. The van der Waals surface area contributed by atoms with Crippen LogP contribution in [0, 0.1) is 5.92 Å². The fourth-order valence-electron chi connectivity index (χ4n) is 1.75. The fraction of sp³-hybridized carbons (Fsp3) is 0.700. The SMILES string of the molecule is C/C=C/C(=O)CC1CCCC1. The molecule has 1 heteroatoms. The molecule has 1 aliphatic rings. The summed E-state index contributed by atoms with van der Waals surface area (Å²) in [7, 11) is 0. The van der Waals surface area contributed by atoms with E-state index in [9.17, 15) is 4.79 Å². The summed E-state index contributed by atoms with van der Waals surface area (Å²) in [6.07, 6.45) is 9.49. The molecule has 1 aliphatic carbocycles. The lowest BCUT2D eigenvalue weighted by molar-refractivity contribution is -0.115. The van der Waals surface area contributed by atoms with Crippen molar-refractivity contribution in [2.45, 2.75) is 39.0 Å². The Bertz CT molecular complexity index is 152. The third kappa shape index (κ3) is 2.87. The van der Waals surface area contributed by atoms with Crippen molar-refractivity contribution >= 4 is 5.78 Å². The standard InChI is InChI=1S/C10H16O/c1-2-5-10(11)8-9-6-3-4-7-9/h2,5,9H,3-4,6-8H2,1H3/b5-2+. The van der Waals surface area contributed by atoms with Crippen LogP contribution in [0.1, 0.15) is 39.0 Å². The van der Waals surface area contributed by atoms with E-state index in [0.29, 0.717) is 11.7 Å². The van der Waals surface area contributed by atoms with Gasteiger partial charge in [-0.25, -0.2) is 0 Å². The average molecular weight is 152 g/mol. The molecule has 62 valence electrons. The molecule has 0 unspecified atom stereocenters. The van der Waals surface area contributed by atoms with E-state index in [0.717, 1.165) is 6.42 Å². The molecule has 1 fully saturated rings. The summed E-state index contributed by atoms with van der Waals surface area (Å²) in [5.74, 6) is 0.998. The minimum Gasteiger partial charge on any atom is -0.295 e. The highest BCUT2D eigenvalue weighted by Gasteiger charge is 2.16. The molecule has 1 rings (SSSR count). The molecule has 0 heterocycles. The van der Waals surface area contributed by atoms with E-state index in [1.54, 1.807) is 6.08 Å². The zero-order valence-corrected chi connectivity index (χ0v) is 7.18. The Morgan fingerprint density at radius 2 is 2.09 bits per heavy atom. The second-order valence-corrected chi connectivity index (χ2v) is 3.32. The maximum atomic E-state index is 11.1. The summed E-state index contributed by atoms with van der Waals surface area (Å²) >= 11 is 0. The smallest absolute Gasteiger partial charge is 0.155 e. The van der Waals surface area contributed by atoms with Gasteiger partial charge in [-0.3, -0.25) is 4.79 Å². The van der Waals surface area contributed by atoms with Crippen molar-refractivity contribution in [3.05, 3.63) is 12.2 Å². The van der Waals surface area contributed by atoms with Gasteiger partial charge in [0.25, 0.3) is 0 Å². The van der Waals surface area contributed by atoms with Gasteiger partial charge in [0.1, 0.15) is 0 Å². The van der Waals surface area contributed by atoms with E-state index in [4.69, 9.17) is 0 Å². The van der Waals surface area contributed by atoms with Crippen LogP contribution in [0.5, 0.6) is 0 Å². The van der Waals surface area contributed by atoms with Gasteiger partial charge in [-0.1, -0.05) is 31.8 Å². The van der Waals surface area contributed by atoms with Gasteiger partial charge in [0.15, 0.2) is 5.78 Å². The highest BCUT2D eigenvalue weighted by Crippen LogP contribution is 2.27. The minimum atomic E-state index is 0.305. The second kappa shape index (κ2) is 4.32. The first-order chi connectivity index (χ1) is 5.33. The van der Waals surface area contributed by atoms with Gasteiger partial charge in [0.05, 0.1) is 0 Å². The van der Waals surface area contributed by atoms with Gasteiger partial charge in [-0.15, -0.1) is 0 Å². The molecule has 0 radical (unpaired) electrons. The van der Waals surface area contributed by atoms with Crippen molar-refractivity contribution in [1.82, 2.24) is 0 Å². The van der Waals surface area contributed by atoms with Crippen LogP contribution in [0.15, 0.2) is 12.2 Å². The molecule has 0 N–H and O–H groups in total. The highest BCUT2D eigenvalue weighted by atomic mass is 16.1. The number of allylic oxidation sites excluding steroid dienone is 2. The van der Waals surface area contributed by atoms with E-state index in [1.807, 2.05) is 13.0 Å². The van der Waals surface area contributed by atoms with Crippen molar-refractivity contribution in [3.63, 3.8) is 0 Å². The lowest BCUT2D eigenvalue weighted by Gasteiger charge is -2.03. The van der Waals surface area contributed by atoms with Crippen LogP contribution in [-0.4, -0.2) is 5.78 Å². The summed E-state index contributed by atoms with van der Waals surface area (Å²) < 4.78 is 0. The Hall–Kier alpha value is -0.590. The third-order valence-electron chi connectivity index (χ3n) is 2.32. The lowest BCUT2D eigenvalue weighted by Crippen LogP contribution is -2.01. The van der Waals surface area contributed by atoms with Crippen LogP contribution < -0.4 is 0 Å². The topological polar surface area (TPSA) is 17.1 Å². The highest BCUT2D eigenvalue weighted by molar-refractivity contribution is 5.89. The maximum Gasteiger partial charge on any atom is 0.155 e. The van der Waals surface area contributed by atoms with Gasteiger partial charge in [0, 0.05) is 6.42 Å². The summed E-state index contributed by atoms with van der Waals surface area (Å²) in [4.78, 5) is 11.1. The first-order valence-corrected chi connectivity index (χ1v) is 4.48. The molecule has 1 nitrogen and oxygen atoms in total. The van der Waals surface area contributed by atoms with Gasteiger partial charge in [0.2, 0.25) is 0 Å². The van der Waals surface area contributed by atoms with Crippen molar-refractivity contribution in [2.75, 3.05) is 0 Å². The van der Waals surface area contributed by atoms with Crippen molar-refractivity contribution < 1.29 is 4.79 Å². The second-order valence-electron chi connectivity index (χ2n) is 3.32. The Morgan fingerprint density at radius 3 is 2.64 bits per heavy atom.